The first-order chi connectivity index (χ1) is 12.3. The van der Waals surface area contributed by atoms with Crippen LogP contribution in [0.5, 0.6) is 5.75 Å². The van der Waals surface area contributed by atoms with Gasteiger partial charge in [-0.15, -0.1) is 0 Å². The summed E-state index contributed by atoms with van der Waals surface area (Å²) >= 11 is 0. The van der Waals surface area contributed by atoms with Gasteiger partial charge >= 0.3 is 0 Å². The summed E-state index contributed by atoms with van der Waals surface area (Å²) in [6, 6.07) is 9.81. The Morgan fingerprint density at radius 3 is 3.04 bits per heavy atom. The van der Waals surface area contributed by atoms with Crippen LogP contribution < -0.4 is 4.74 Å². The number of ether oxygens (including phenoxy) is 2. The maximum absolute atomic E-state index is 12.6. The molecule has 0 aliphatic carbocycles. The Balaban J connectivity index is 1.51. The van der Waals surface area contributed by atoms with E-state index in [0.29, 0.717) is 6.61 Å². The van der Waals surface area contributed by atoms with E-state index in [1.165, 1.54) is 0 Å². The van der Waals surface area contributed by atoms with Crippen LogP contribution in [0.25, 0.3) is 0 Å². The SMILES string of the molecule is COc1cccc(COCC(=O)N2CCCC[C@@H]2Cn2cccn2)c1. The molecule has 0 unspecified atom stereocenters. The van der Waals surface area contributed by atoms with Gasteiger partial charge in [0.05, 0.1) is 26.3 Å². The van der Waals surface area contributed by atoms with Gasteiger partial charge in [-0.1, -0.05) is 12.1 Å². The van der Waals surface area contributed by atoms with Crippen LogP contribution in [0.2, 0.25) is 0 Å². The second-order valence-electron chi connectivity index (χ2n) is 6.31. The molecule has 6 heteroatoms. The highest BCUT2D eigenvalue weighted by Gasteiger charge is 2.27. The van der Waals surface area contributed by atoms with E-state index in [1.807, 2.05) is 46.1 Å². The van der Waals surface area contributed by atoms with E-state index in [1.54, 1.807) is 13.3 Å². The molecule has 1 fully saturated rings. The number of nitrogens with zero attached hydrogens (tertiary/aromatic N) is 3. The zero-order chi connectivity index (χ0) is 17.5. The van der Waals surface area contributed by atoms with Crippen molar-refractivity contribution in [2.45, 2.75) is 38.5 Å². The third kappa shape index (κ3) is 4.82. The molecule has 1 aromatic carbocycles. The molecule has 2 aromatic rings. The van der Waals surface area contributed by atoms with Crippen LogP contribution in [0.3, 0.4) is 0 Å². The average molecular weight is 343 g/mol. The largest absolute Gasteiger partial charge is 0.497 e. The van der Waals surface area contributed by atoms with Crippen LogP contribution in [0.1, 0.15) is 24.8 Å². The van der Waals surface area contributed by atoms with E-state index in [4.69, 9.17) is 9.47 Å². The van der Waals surface area contributed by atoms with Gasteiger partial charge in [0.1, 0.15) is 12.4 Å². The molecule has 0 saturated carbocycles. The van der Waals surface area contributed by atoms with Crippen molar-refractivity contribution in [3.05, 3.63) is 48.3 Å². The molecule has 0 spiro atoms. The Morgan fingerprint density at radius 2 is 2.24 bits per heavy atom. The highest BCUT2D eigenvalue weighted by atomic mass is 16.5. The summed E-state index contributed by atoms with van der Waals surface area (Å²) in [6.07, 6.45) is 6.93. The maximum atomic E-state index is 12.6. The molecule has 25 heavy (non-hydrogen) atoms. The summed E-state index contributed by atoms with van der Waals surface area (Å²) < 4.78 is 12.7. The normalized spacial score (nSPS) is 17.5. The number of hydrogen-bond donors (Lipinski definition) is 0. The molecular weight excluding hydrogens is 318 g/mol. The summed E-state index contributed by atoms with van der Waals surface area (Å²) in [5, 5.41) is 4.26. The van der Waals surface area contributed by atoms with Gasteiger partial charge in [-0.3, -0.25) is 9.48 Å². The molecule has 1 amide bonds. The van der Waals surface area contributed by atoms with Crippen molar-refractivity contribution in [3.8, 4) is 5.75 Å². The van der Waals surface area contributed by atoms with Gasteiger partial charge in [-0.2, -0.15) is 5.10 Å². The van der Waals surface area contributed by atoms with Crippen LogP contribution in [0, 0.1) is 0 Å². The molecule has 1 saturated heterocycles. The molecule has 6 nitrogen and oxygen atoms in total. The predicted molar refractivity (Wildman–Crippen MR) is 94.2 cm³/mol. The van der Waals surface area contributed by atoms with Gasteiger partial charge in [0.15, 0.2) is 0 Å². The first kappa shape index (κ1) is 17.5. The Hall–Kier alpha value is -2.34. The number of hydrogen-bond acceptors (Lipinski definition) is 4. The summed E-state index contributed by atoms with van der Waals surface area (Å²) in [7, 11) is 1.64. The summed E-state index contributed by atoms with van der Waals surface area (Å²) in [5.41, 5.74) is 0.999. The topological polar surface area (TPSA) is 56.6 Å². The first-order valence-electron chi connectivity index (χ1n) is 8.74. The molecular formula is C19H25N3O3. The van der Waals surface area contributed by atoms with Crippen molar-refractivity contribution < 1.29 is 14.3 Å². The minimum Gasteiger partial charge on any atom is -0.497 e. The Morgan fingerprint density at radius 1 is 1.32 bits per heavy atom. The second-order valence-corrected chi connectivity index (χ2v) is 6.31. The van der Waals surface area contributed by atoms with Crippen LogP contribution in [0.4, 0.5) is 0 Å². The number of carbonyl (C=O) groups is 1. The molecule has 1 atom stereocenters. The smallest absolute Gasteiger partial charge is 0.248 e. The maximum Gasteiger partial charge on any atom is 0.248 e. The zero-order valence-corrected chi connectivity index (χ0v) is 14.6. The van der Waals surface area contributed by atoms with Crippen molar-refractivity contribution in [2.75, 3.05) is 20.3 Å². The number of amides is 1. The van der Waals surface area contributed by atoms with Crippen LogP contribution >= 0.6 is 0 Å². The first-order valence-corrected chi connectivity index (χ1v) is 8.74. The van der Waals surface area contributed by atoms with Crippen LogP contribution in [-0.2, 0) is 22.7 Å². The lowest BCUT2D eigenvalue weighted by Crippen LogP contribution is -2.47. The molecule has 3 rings (SSSR count). The van der Waals surface area contributed by atoms with Gasteiger partial charge in [0.2, 0.25) is 5.91 Å². The molecule has 0 radical (unpaired) electrons. The van der Waals surface area contributed by atoms with Crippen molar-refractivity contribution in [2.24, 2.45) is 0 Å². The highest BCUT2D eigenvalue weighted by molar-refractivity contribution is 5.77. The summed E-state index contributed by atoms with van der Waals surface area (Å²) in [6.45, 7) is 2.05. The number of likely N-dealkylation sites (tertiary alicyclic amines) is 1. The van der Waals surface area contributed by atoms with E-state index in [-0.39, 0.29) is 18.6 Å². The van der Waals surface area contributed by atoms with Crippen molar-refractivity contribution in [1.29, 1.82) is 0 Å². The minimum atomic E-state index is 0.0553. The van der Waals surface area contributed by atoms with Gasteiger partial charge < -0.3 is 14.4 Å². The van der Waals surface area contributed by atoms with E-state index < -0.39 is 0 Å². The van der Waals surface area contributed by atoms with Crippen molar-refractivity contribution >= 4 is 5.91 Å². The van der Waals surface area contributed by atoms with Crippen LogP contribution in [0.15, 0.2) is 42.7 Å². The zero-order valence-electron chi connectivity index (χ0n) is 14.6. The molecule has 134 valence electrons. The van der Waals surface area contributed by atoms with E-state index in [0.717, 1.165) is 43.7 Å². The van der Waals surface area contributed by atoms with Gasteiger partial charge in [-0.25, -0.2) is 0 Å². The average Bonchev–Trinajstić information content (AvgIpc) is 3.15. The van der Waals surface area contributed by atoms with E-state index in [9.17, 15) is 4.79 Å². The number of benzene rings is 1. The predicted octanol–water partition coefficient (Wildman–Crippen LogP) is 2.49. The fraction of sp³-hybridized carbons (Fsp3) is 0.474. The van der Waals surface area contributed by atoms with Gasteiger partial charge in [0.25, 0.3) is 0 Å². The quantitative estimate of drug-likeness (QED) is 0.775. The third-order valence-electron chi connectivity index (χ3n) is 4.53. The second kappa shape index (κ2) is 8.67. The van der Waals surface area contributed by atoms with E-state index >= 15 is 0 Å². The number of rotatable bonds is 7. The monoisotopic (exact) mass is 343 g/mol. The molecule has 0 bridgehead atoms. The molecule has 0 N–H and O–H groups in total. The lowest BCUT2D eigenvalue weighted by Gasteiger charge is -2.35. The molecule has 1 aliphatic rings. The van der Waals surface area contributed by atoms with Gasteiger partial charge in [0, 0.05) is 18.9 Å². The number of piperidine rings is 1. The van der Waals surface area contributed by atoms with E-state index in [2.05, 4.69) is 5.10 Å². The molecule has 1 aromatic heterocycles. The van der Waals surface area contributed by atoms with Crippen molar-refractivity contribution in [1.82, 2.24) is 14.7 Å². The molecule has 2 heterocycles. The summed E-state index contributed by atoms with van der Waals surface area (Å²) in [5.74, 6) is 0.850. The third-order valence-corrected chi connectivity index (χ3v) is 4.53. The number of methoxy groups -OCH3 is 1. The summed E-state index contributed by atoms with van der Waals surface area (Å²) in [4.78, 5) is 14.6. The fourth-order valence-corrected chi connectivity index (χ4v) is 3.24. The Kier molecular flexibility index (Phi) is 6.06. The highest BCUT2D eigenvalue weighted by Crippen LogP contribution is 2.19. The number of carbonyl (C=O) groups excluding carboxylic acids is 1. The molecule has 1 aliphatic heterocycles. The Labute approximate surface area is 148 Å². The Bertz CT molecular complexity index is 672. The standard InChI is InChI=1S/C19H25N3O3/c1-24-18-8-4-6-16(12-18)14-25-15-19(23)22-11-3-2-7-17(22)13-21-10-5-9-20-21/h4-6,8-10,12,17H,2-3,7,11,13-15H2,1H3/t17-/m1/s1. The van der Waals surface area contributed by atoms with Gasteiger partial charge in [-0.05, 0) is 43.0 Å². The number of aromatic nitrogens is 2. The minimum absolute atomic E-state index is 0.0553. The fourth-order valence-electron chi connectivity index (χ4n) is 3.24. The lowest BCUT2D eigenvalue weighted by atomic mass is 10.0. The van der Waals surface area contributed by atoms with Crippen molar-refractivity contribution in [3.63, 3.8) is 0 Å². The lowest BCUT2D eigenvalue weighted by molar-refractivity contribution is -0.140. The van der Waals surface area contributed by atoms with Crippen LogP contribution in [-0.4, -0.2) is 46.9 Å².